The molecule has 1 N–H and O–H groups in total. The summed E-state index contributed by atoms with van der Waals surface area (Å²) >= 11 is 0. The molecule has 0 aliphatic carbocycles. The van der Waals surface area contributed by atoms with Crippen LogP contribution in [0.2, 0.25) is 0 Å². The van der Waals surface area contributed by atoms with Gasteiger partial charge in [-0.3, -0.25) is 4.79 Å². The summed E-state index contributed by atoms with van der Waals surface area (Å²) in [5.74, 6) is 0.279. The Labute approximate surface area is 74.1 Å². The molecule has 1 saturated heterocycles. The van der Waals surface area contributed by atoms with E-state index < -0.39 is 0 Å². The van der Waals surface area contributed by atoms with Crippen molar-refractivity contribution in [1.82, 2.24) is 10.2 Å². The number of nitrogens with zero attached hydrogens (tertiary/aromatic N) is 1. The zero-order valence-corrected chi connectivity index (χ0v) is 8.13. The fourth-order valence-corrected chi connectivity index (χ4v) is 1.53. The fraction of sp³-hybridized carbons (Fsp3) is 0.889. The molecule has 1 fully saturated rings. The van der Waals surface area contributed by atoms with Gasteiger partial charge in [0.25, 0.3) is 0 Å². The Balaban J connectivity index is 2.61. The van der Waals surface area contributed by atoms with Gasteiger partial charge in [-0.05, 0) is 20.8 Å². The van der Waals surface area contributed by atoms with E-state index in [1.54, 1.807) is 0 Å². The number of carbonyl (C=O) groups excluding carboxylic acids is 1. The molecule has 1 aliphatic heterocycles. The first kappa shape index (κ1) is 9.52. The standard InChI is InChI=1S/C9H18N2O/c1-7(2)11-6-8(3)10-5-4-9(11)12/h7-8,10H,4-6H2,1-3H3. The summed E-state index contributed by atoms with van der Waals surface area (Å²) in [6.45, 7) is 7.92. The molecular formula is C9H18N2O. The van der Waals surface area contributed by atoms with E-state index in [9.17, 15) is 4.79 Å². The van der Waals surface area contributed by atoms with Crippen molar-refractivity contribution in [3.8, 4) is 0 Å². The highest BCUT2D eigenvalue weighted by Crippen LogP contribution is 2.06. The highest BCUT2D eigenvalue weighted by Gasteiger charge is 2.21. The second kappa shape index (κ2) is 3.90. The summed E-state index contributed by atoms with van der Waals surface area (Å²) in [4.78, 5) is 13.4. The lowest BCUT2D eigenvalue weighted by atomic mass is 10.2. The van der Waals surface area contributed by atoms with Crippen LogP contribution in [0.3, 0.4) is 0 Å². The van der Waals surface area contributed by atoms with Crippen LogP contribution in [0.5, 0.6) is 0 Å². The molecule has 1 amide bonds. The van der Waals surface area contributed by atoms with Crippen LogP contribution in [0, 0.1) is 0 Å². The van der Waals surface area contributed by atoms with Gasteiger partial charge in [-0.15, -0.1) is 0 Å². The number of carbonyl (C=O) groups is 1. The minimum atomic E-state index is 0.279. The highest BCUT2D eigenvalue weighted by molar-refractivity contribution is 5.77. The molecule has 0 spiro atoms. The maximum atomic E-state index is 11.5. The maximum absolute atomic E-state index is 11.5. The normalized spacial score (nSPS) is 26.2. The van der Waals surface area contributed by atoms with Gasteiger partial charge in [0.05, 0.1) is 0 Å². The zero-order valence-electron chi connectivity index (χ0n) is 8.13. The molecule has 3 nitrogen and oxygen atoms in total. The molecule has 0 bridgehead atoms. The molecule has 1 atom stereocenters. The van der Waals surface area contributed by atoms with Crippen molar-refractivity contribution in [2.45, 2.75) is 39.3 Å². The van der Waals surface area contributed by atoms with Crippen molar-refractivity contribution >= 4 is 5.91 Å². The Hall–Kier alpha value is -0.570. The van der Waals surface area contributed by atoms with Crippen molar-refractivity contribution < 1.29 is 4.79 Å². The van der Waals surface area contributed by atoms with E-state index in [1.807, 2.05) is 4.90 Å². The molecule has 1 heterocycles. The average molecular weight is 170 g/mol. The predicted octanol–water partition coefficient (Wildman–Crippen LogP) is 0.605. The van der Waals surface area contributed by atoms with Gasteiger partial charge in [0.15, 0.2) is 0 Å². The molecule has 1 aliphatic rings. The fourth-order valence-electron chi connectivity index (χ4n) is 1.53. The van der Waals surface area contributed by atoms with Crippen LogP contribution in [-0.4, -0.2) is 36.0 Å². The van der Waals surface area contributed by atoms with Gasteiger partial charge in [0.1, 0.15) is 0 Å². The van der Waals surface area contributed by atoms with E-state index >= 15 is 0 Å². The van der Waals surface area contributed by atoms with E-state index in [0.717, 1.165) is 13.1 Å². The number of amides is 1. The molecule has 0 radical (unpaired) electrons. The summed E-state index contributed by atoms with van der Waals surface area (Å²) in [6, 6.07) is 0.763. The molecule has 0 aromatic heterocycles. The Morgan fingerprint density at radius 1 is 1.58 bits per heavy atom. The van der Waals surface area contributed by atoms with Crippen LogP contribution in [0.15, 0.2) is 0 Å². The van der Waals surface area contributed by atoms with Gasteiger partial charge in [0.2, 0.25) is 5.91 Å². The molecule has 3 heteroatoms. The lowest BCUT2D eigenvalue weighted by Gasteiger charge is -2.26. The van der Waals surface area contributed by atoms with Gasteiger partial charge < -0.3 is 10.2 Å². The first-order valence-electron chi connectivity index (χ1n) is 4.64. The van der Waals surface area contributed by atoms with E-state index in [2.05, 4.69) is 26.1 Å². The Bertz CT molecular complexity index is 168. The van der Waals surface area contributed by atoms with Crippen molar-refractivity contribution in [2.75, 3.05) is 13.1 Å². The monoisotopic (exact) mass is 170 g/mol. The molecule has 0 aromatic carbocycles. The van der Waals surface area contributed by atoms with Gasteiger partial charge in [-0.25, -0.2) is 0 Å². The van der Waals surface area contributed by atoms with Gasteiger partial charge >= 0.3 is 0 Å². The van der Waals surface area contributed by atoms with Gasteiger partial charge in [0, 0.05) is 31.6 Å². The van der Waals surface area contributed by atoms with Crippen LogP contribution in [0.1, 0.15) is 27.2 Å². The second-order valence-corrected chi connectivity index (χ2v) is 3.75. The van der Waals surface area contributed by atoms with Crippen molar-refractivity contribution in [1.29, 1.82) is 0 Å². The lowest BCUT2D eigenvalue weighted by molar-refractivity contribution is -0.132. The van der Waals surface area contributed by atoms with E-state index in [1.165, 1.54) is 0 Å². The zero-order chi connectivity index (χ0) is 9.14. The summed E-state index contributed by atoms with van der Waals surface area (Å²) in [6.07, 6.45) is 0.641. The van der Waals surface area contributed by atoms with Crippen LogP contribution < -0.4 is 5.32 Å². The first-order chi connectivity index (χ1) is 5.61. The summed E-state index contributed by atoms with van der Waals surface area (Å²) in [5.41, 5.74) is 0. The Kier molecular flexibility index (Phi) is 3.09. The third-order valence-corrected chi connectivity index (χ3v) is 2.25. The van der Waals surface area contributed by atoms with Crippen molar-refractivity contribution in [3.63, 3.8) is 0 Å². The van der Waals surface area contributed by atoms with Crippen LogP contribution in [0.25, 0.3) is 0 Å². The summed E-state index contributed by atoms with van der Waals surface area (Å²) < 4.78 is 0. The molecule has 0 saturated carbocycles. The molecule has 1 rings (SSSR count). The molecule has 70 valence electrons. The Morgan fingerprint density at radius 3 is 2.83 bits per heavy atom. The van der Waals surface area contributed by atoms with Gasteiger partial charge in [-0.1, -0.05) is 0 Å². The number of rotatable bonds is 1. The van der Waals surface area contributed by atoms with Crippen LogP contribution >= 0.6 is 0 Å². The number of nitrogens with one attached hydrogen (secondary N) is 1. The van der Waals surface area contributed by atoms with Crippen LogP contribution in [0.4, 0.5) is 0 Å². The predicted molar refractivity (Wildman–Crippen MR) is 48.9 cm³/mol. The molecule has 12 heavy (non-hydrogen) atoms. The van der Waals surface area contributed by atoms with E-state index in [0.29, 0.717) is 18.5 Å². The first-order valence-corrected chi connectivity index (χ1v) is 4.64. The smallest absolute Gasteiger partial charge is 0.224 e. The molecule has 0 aromatic rings. The minimum Gasteiger partial charge on any atom is -0.339 e. The third-order valence-electron chi connectivity index (χ3n) is 2.25. The van der Waals surface area contributed by atoms with E-state index in [-0.39, 0.29) is 5.91 Å². The molecular weight excluding hydrogens is 152 g/mol. The van der Waals surface area contributed by atoms with Crippen LogP contribution in [-0.2, 0) is 4.79 Å². The number of hydrogen-bond acceptors (Lipinski definition) is 2. The minimum absolute atomic E-state index is 0.279. The second-order valence-electron chi connectivity index (χ2n) is 3.75. The van der Waals surface area contributed by atoms with Gasteiger partial charge in [-0.2, -0.15) is 0 Å². The lowest BCUT2D eigenvalue weighted by Crippen LogP contribution is -2.41. The van der Waals surface area contributed by atoms with Crippen molar-refractivity contribution in [2.24, 2.45) is 0 Å². The Morgan fingerprint density at radius 2 is 2.25 bits per heavy atom. The third kappa shape index (κ3) is 2.21. The quantitative estimate of drug-likeness (QED) is 0.625. The van der Waals surface area contributed by atoms with Crippen molar-refractivity contribution in [3.05, 3.63) is 0 Å². The highest BCUT2D eigenvalue weighted by atomic mass is 16.2. The van der Waals surface area contributed by atoms with E-state index in [4.69, 9.17) is 0 Å². The largest absolute Gasteiger partial charge is 0.339 e. The topological polar surface area (TPSA) is 32.3 Å². The SMILES string of the molecule is CC1CN(C(C)C)C(=O)CCN1. The number of hydrogen-bond donors (Lipinski definition) is 1. The molecule has 1 unspecified atom stereocenters. The maximum Gasteiger partial charge on any atom is 0.224 e. The average Bonchev–Trinajstić information content (AvgIpc) is 2.13. The summed E-state index contributed by atoms with van der Waals surface area (Å²) in [5, 5.41) is 3.30. The summed E-state index contributed by atoms with van der Waals surface area (Å²) in [7, 11) is 0.